The van der Waals surface area contributed by atoms with E-state index in [1.54, 1.807) is 4.90 Å². The van der Waals surface area contributed by atoms with E-state index in [-0.39, 0.29) is 5.91 Å². The predicted molar refractivity (Wildman–Crippen MR) is 63.2 cm³/mol. The van der Waals surface area contributed by atoms with E-state index in [0.29, 0.717) is 26.2 Å². The molecule has 102 valence electrons. The smallest absolute Gasteiger partial charge is 0.328 e. The molecule has 0 bridgehead atoms. The van der Waals surface area contributed by atoms with E-state index in [2.05, 4.69) is 15.6 Å². The first-order valence-corrected chi connectivity index (χ1v) is 5.78. The van der Waals surface area contributed by atoms with Gasteiger partial charge in [0.15, 0.2) is 0 Å². The van der Waals surface area contributed by atoms with Crippen molar-refractivity contribution in [1.82, 2.24) is 24.7 Å². The molecule has 1 fully saturated rings. The SMILES string of the molecule is CC(=O)N1CCN(C(=O)C(=O)Nn2cnnc2)CC1. The van der Waals surface area contributed by atoms with Crippen molar-refractivity contribution >= 4 is 17.7 Å². The number of amides is 3. The van der Waals surface area contributed by atoms with Gasteiger partial charge in [-0.25, -0.2) is 4.68 Å². The van der Waals surface area contributed by atoms with Gasteiger partial charge in [-0.2, -0.15) is 0 Å². The van der Waals surface area contributed by atoms with Gasteiger partial charge in [-0.3, -0.25) is 19.8 Å². The topological polar surface area (TPSA) is 100 Å². The van der Waals surface area contributed by atoms with Gasteiger partial charge < -0.3 is 9.80 Å². The van der Waals surface area contributed by atoms with Crippen LogP contribution in [-0.4, -0.2) is 68.6 Å². The van der Waals surface area contributed by atoms with Crippen LogP contribution in [0.1, 0.15) is 6.92 Å². The molecule has 9 nitrogen and oxygen atoms in total. The van der Waals surface area contributed by atoms with Crippen molar-refractivity contribution in [2.24, 2.45) is 0 Å². The van der Waals surface area contributed by atoms with E-state index in [1.165, 1.54) is 29.2 Å². The number of carbonyl (C=O) groups is 3. The molecule has 0 saturated carbocycles. The molecule has 2 rings (SSSR count). The van der Waals surface area contributed by atoms with Crippen LogP contribution in [0.2, 0.25) is 0 Å². The highest BCUT2D eigenvalue weighted by Crippen LogP contribution is 2.02. The lowest BCUT2D eigenvalue weighted by Gasteiger charge is -2.33. The van der Waals surface area contributed by atoms with Crippen LogP contribution >= 0.6 is 0 Å². The second-order valence-electron chi connectivity index (χ2n) is 4.11. The Hall–Kier alpha value is -2.45. The Morgan fingerprint density at radius 1 is 1.00 bits per heavy atom. The second-order valence-corrected chi connectivity index (χ2v) is 4.11. The lowest BCUT2D eigenvalue weighted by atomic mass is 10.3. The van der Waals surface area contributed by atoms with Crippen molar-refractivity contribution in [3.05, 3.63) is 12.7 Å². The summed E-state index contributed by atoms with van der Waals surface area (Å²) < 4.78 is 1.20. The maximum Gasteiger partial charge on any atom is 0.328 e. The molecule has 0 spiro atoms. The van der Waals surface area contributed by atoms with Crippen LogP contribution in [0.25, 0.3) is 0 Å². The highest BCUT2D eigenvalue weighted by atomic mass is 16.2. The quantitative estimate of drug-likeness (QED) is 0.595. The summed E-state index contributed by atoms with van der Waals surface area (Å²) in [5.74, 6) is -1.41. The highest BCUT2D eigenvalue weighted by molar-refractivity contribution is 6.38. The fourth-order valence-electron chi connectivity index (χ4n) is 1.79. The number of piperazine rings is 1. The summed E-state index contributed by atoms with van der Waals surface area (Å²) in [4.78, 5) is 37.7. The Balaban J connectivity index is 1.87. The summed E-state index contributed by atoms with van der Waals surface area (Å²) in [6.45, 7) is 3.08. The summed E-state index contributed by atoms with van der Waals surface area (Å²) in [6, 6.07) is 0. The van der Waals surface area contributed by atoms with Crippen LogP contribution in [0, 0.1) is 0 Å². The average Bonchev–Trinajstić information content (AvgIpc) is 2.90. The first kappa shape index (κ1) is 13.0. The maximum absolute atomic E-state index is 11.9. The zero-order chi connectivity index (χ0) is 13.8. The lowest BCUT2D eigenvalue weighted by Crippen LogP contribution is -2.53. The molecule has 1 aliphatic rings. The van der Waals surface area contributed by atoms with Crippen LogP contribution in [-0.2, 0) is 14.4 Å². The number of nitrogens with zero attached hydrogens (tertiary/aromatic N) is 5. The zero-order valence-corrected chi connectivity index (χ0v) is 10.4. The third-order valence-electron chi connectivity index (χ3n) is 2.86. The zero-order valence-electron chi connectivity index (χ0n) is 10.4. The standard InChI is InChI=1S/C10H14N6O3/c1-8(17)14-2-4-15(5-3-14)10(19)9(18)13-16-6-11-12-7-16/h6-7H,2-5H2,1H3,(H,13,18). The van der Waals surface area contributed by atoms with Gasteiger partial charge in [0.25, 0.3) is 0 Å². The maximum atomic E-state index is 11.9. The van der Waals surface area contributed by atoms with Gasteiger partial charge in [0.2, 0.25) is 5.91 Å². The third kappa shape index (κ3) is 3.06. The van der Waals surface area contributed by atoms with Crippen LogP contribution in [0.3, 0.4) is 0 Å². The van der Waals surface area contributed by atoms with E-state index in [4.69, 9.17) is 0 Å². The van der Waals surface area contributed by atoms with E-state index in [1.807, 2.05) is 0 Å². The molecule has 1 aromatic rings. The Morgan fingerprint density at radius 3 is 2.05 bits per heavy atom. The Bertz CT molecular complexity index is 477. The van der Waals surface area contributed by atoms with Gasteiger partial charge in [0.05, 0.1) is 0 Å². The molecule has 19 heavy (non-hydrogen) atoms. The number of nitrogens with one attached hydrogen (secondary N) is 1. The number of aromatic nitrogens is 3. The Labute approximate surface area is 109 Å². The molecule has 0 aromatic carbocycles. The van der Waals surface area contributed by atoms with E-state index in [0.717, 1.165) is 0 Å². The normalized spacial score (nSPS) is 15.2. The molecule has 0 aliphatic carbocycles. The van der Waals surface area contributed by atoms with Gasteiger partial charge in [0.1, 0.15) is 12.7 Å². The van der Waals surface area contributed by atoms with Gasteiger partial charge in [0, 0.05) is 33.1 Å². The molecule has 0 radical (unpaired) electrons. The van der Waals surface area contributed by atoms with E-state index < -0.39 is 11.8 Å². The van der Waals surface area contributed by atoms with Crippen LogP contribution in [0.15, 0.2) is 12.7 Å². The van der Waals surface area contributed by atoms with Crippen molar-refractivity contribution in [3.63, 3.8) is 0 Å². The second kappa shape index (κ2) is 5.46. The van der Waals surface area contributed by atoms with E-state index in [9.17, 15) is 14.4 Å². The summed E-state index contributed by atoms with van der Waals surface area (Å²) in [6.07, 6.45) is 2.55. The van der Waals surface area contributed by atoms with Crippen molar-refractivity contribution in [2.45, 2.75) is 6.92 Å². The molecule has 0 atom stereocenters. The summed E-state index contributed by atoms with van der Waals surface area (Å²) >= 11 is 0. The minimum Gasteiger partial charge on any atom is -0.339 e. The summed E-state index contributed by atoms with van der Waals surface area (Å²) in [7, 11) is 0. The molecular weight excluding hydrogens is 252 g/mol. The molecule has 1 aromatic heterocycles. The molecule has 2 heterocycles. The lowest BCUT2D eigenvalue weighted by molar-refractivity contribution is -0.146. The summed E-state index contributed by atoms with van der Waals surface area (Å²) in [5, 5.41) is 7.01. The minimum absolute atomic E-state index is 0.0268. The molecule has 1 N–H and O–H groups in total. The molecule has 1 saturated heterocycles. The van der Waals surface area contributed by atoms with Crippen molar-refractivity contribution in [3.8, 4) is 0 Å². The van der Waals surface area contributed by atoms with Crippen LogP contribution < -0.4 is 5.43 Å². The number of hydrogen-bond acceptors (Lipinski definition) is 5. The largest absolute Gasteiger partial charge is 0.339 e. The van der Waals surface area contributed by atoms with Crippen molar-refractivity contribution in [2.75, 3.05) is 31.6 Å². The number of hydrogen-bond donors (Lipinski definition) is 1. The first-order valence-electron chi connectivity index (χ1n) is 5.78. The average molecular weight is 266 g/mol. The van der Waals surface area contributed by atoms with Gasteiger partial charge >= 0.3 is 11.8 Å². The predicted octanol–water partition coefficient (Wildman–Crippen LogP) is -1.96. The fraction of sp³-hybridized carbons (Fsp3) is 0.500. The van der Waals surface area contributed by atoms with Crippen molar-refractivity contribution < 1.29 is 14.4 Å². The van der Waals surface area contributed by atoms with Crippen molar-refractivity contribution in [1.29, 1.82) is 0 Å². The van der Waals surface area contributed by atoms with E-state index >= 15 is 0 Å². The third-order valence-corrected chi connectivity index (χ3v) is 2.86. The fourth-order valence-corrected chi connectivity index (χ4v) is 1.79. The Morgan fingerprint density at radius 2 is 1.53 bits per heavy atom. The molecular formula is C10H14N6O3. The molecule has 1 aliphatic heterocycles. The monoisotopic (exact) mass is 266 g/mol. The van der Waals surface area contributed by atoms with Gasteiger partial charge in [-0.05, 0) is 0 Å². The molecule has 0 unspecified atom stereocenters. The highest BCUT2D eigenvalue weighted by Gasteiger charge is 2.26. The van der Waals surface area contributed by atoms with Gasteiger partial charge in [-0.15, -0.1) is 10.2 Å². The molecule has 3 amide bonds. The molecule has 9 heteroatoms. The number of carbonyl (C=O) groups excluding carboxylic acids is 3. The number of rotatable bonds is 1. The van der Waals surface area contributed by atoms with Crippen LogP contribution in [0.5, 0.6) is 0 Å². The van der Waals surface area contributed by atoms with Crippen LogP contribution in [0.4, 0.5) is 0 Å². The Kier molecular flexibility index (Phi) is 3.74. The minimum atomic E-state index is -0.754. The first-order chi connectivity index (χ1) is 9.08. The summed E-state index contributed by atoms with van der Waals surface area (Å²) in [5.41, 5.74) is 2.33. The van der Waals surface area contributed by atoms with Gasteiger partial charge in [-0.1, -0.05) is 0 Å².